The summed E-state index contributed by atoms with van der Waals surface area (Å²) in [7, 11) is 0. The van der Waals surface area contributed by atoms with E-state index < -0.39 is 5.41 Å². The minimum atomic E-state index is -0.557. The molecule has 1 aliphatic heterocycles. The Labute approximate surface area is 156 Å². The van der Waals surface area contributed by atoms with Crippen LogP contribution in [0.2, 0.25) is 0 Å². The smallest absolute Gasteiger partial charge is 0.123 e. The lowest BCUT2D eigenvalue weighted by Gasteiger charge is -2.27. The van der Waals surface area contributed by atoms with Crippen LogP contribution in [0.4, 0.5) is 4.39 Å². The second-order valence-electron chi connectivity index (χ2n) is 5.72. The molecule has 0 bridgehead atoms. The summed E-state index contributed by atoms with van der Waals surface area (Å²) < 4.78 is 14.5. The second kappa shape index (κ2) is 7.35. The van der Waals surface area contributed by atoms with E-state index in [2.05, 4.69) is 19.6 Å². The number of hydrogen-bond acceptors (Lipinski definition) is 3. The Balaban J connectivity index is 2.19. The first-order valence-electron chi connectivity index (χ1n) is 7.73. The number of thioether (sulfide) groups is 2. The van der Waals surface area contributed by atoms with Crippen molar-refractivity contribution >= 4 is 29.6 Å². The summed E-state index contributed by atoms with van der Waals surface area (Å²) in [4.78, 5) is 1.00. The summed E-state index contributed by atoms with van der Waals surface area (Å²) in [6.07, 6.45) is 1.97. The minimum absolute atomic E-state index is 0.270. The zero-order chi connectivity index (χ0) is 17.9. The summed E-state index contributed by atoms with van der Waals surface area (Å²) >= 11 is 3.01. The average molecular weight is 365 g/mol. The van der Waals surface area contributed by atoms with Crippen molar-refractivity contribution in [2.45, 2.75) is 12.3 Å². The van der Waals surface area contributed by atoms with Gasteiger partial charge in [-0.1, -0.05) is 72.6 Å². The van der Waals surface area contributed by atoms with Crippen LogP contribution in [-0.4, -0.2) is 0 Å². The molecule has 2 aromatic carbocycles. The molecule has 0 aliphatic carbocycles. The molecular formula is C21H16FNS2. The first-order valence-corrected chi connectivity index (χ1v) is 9.42. The Kier molecular flexibility index (Phi) is 5.17. The molecule has 1 nitrogen and oxygen atoms in total. The third-order valence-corrected chi connectivity index (χ3v) is 6.46. The molecule has 1 heterocycles. The average Bonchev–Trinajstić information content (AvgIpc) is 2.88. The number of benzene rings is 2. The Bertz CT molecular complexity index is 909. The van der Waals surface area contributed by atoms with E-state index in [0.717, 1.165) is 20.3 Å². The van der Waals surface area contributed by atoms with Crippen molar-refractivity contribution in [3.63, 3.8) is 0 Å². The van der Waals surface area contributed by atoms with Gasteiger partial charge in [-0.15, -0.1) is 0 Å². The number of nitriles is 1. The van der Waals surface area contributed by atoms with Crippen molar-refractivity contribution in [3.05, 3.63) is 98.2 Å². The van der Waals surface area contributed by atoms with E-state index in [1.165, 1.54) is 23.9 Å². The molecule has 0 saturated heterocycles. The standard InChI is InChI=1S/C21H16FNS2/c1-3-24-20-18(14-23)21(2,16-9-5-4-6-10-16)19(25-20)13-15-8-7-11-17(22)12-15/h3-13H,1H2,2H3/b19-13-. The lowest BCUT2D eigenvalue weighted by molar-refractivity contribution is 0.627. The first kappa shape index (κ1) is 17.6. The maximum atomic E-state index is 13.6. The van der Waals surface area contributed by atoms with Crippen LogP contribution in [0.5, 0.6) is 0 Å². The lowest BCUT2D eigenvalue weighted by Crippen LogP contribution is -2.22. The first-order chi connectivity index (χ1) is 12.1. The van der Waals surface area contributed by atoms with Crippen molar-refractivity contribution < 1.29 is 4.39 Å². The Morgan fingerprint density at radius 2 is 1.96 bits per heavy atom. The number of halogens is 1. The highest BCUT2D eigenvalue weighted by atomic mass is 32.2. The van der Waals surface area contributed by atoms with Gasteiger partial charge in [-0.3, -0.25) is 0 Å². The van der Waals surface area contributed by atoms with Crippen LogP contribution in [-0.2, 0) is 5.41 Å². The van der Waals surface area contributed by atoms with Crippen LogP contribution in [0, 0.1) is 17.1 Å². The monoisotopic (exact) mass is 365 g/mol. The van der Waals surface area contributed by atoms with E-state index in [-0.39, 0.29) is 5.82 Å². The molecular weight excluding hydrogens is 349 g/mol. The fourth-order valence-electron chi connectivity index (χ4n) is 2.88. The molecule has 1 aliphatic rings. The largest absolute Gasteiger partial charge is 0.207 e. The maximum Gasteiger partial charge on any atom is 0.123 e. The van der Waals surface area contributed by atoms with E-state index in [1.807, 2.05) is 42.5 Å². The van der Waals surface area contributed by atoms with Gasteiger partial charge in [0.1, 0.15) is 5.82 Å². The van der Waals surface area contributed by atoms with E-state index in [0.29, 0.717) is 5.57 Å². The van der Waals surface area contributed by atoms with Gasteiger partial charge in [-0.05, 0) is 41.7 Å². The molecule has 1 atom stereocenters. The molecule has 0 amide bonds. The SMILES string of the molecule is C=CSC1=C(C#N)C(C)(c2ccccc2)/C(=C/c2cccc(F)c2)S1. The predicted molar refractivity (Wildman–Crippen MR) is 106 cm³/mol. The summed E-state index contributed by atoms with van der Waals surface area (Å²) in [6, 6.07) is 18.8. The van der Waals surface area contributed by atoms with Gasteiger partial charge in [0.25, 0.3) is 0 Å². The zero-order valence-corrected chi connectivity index (χ0v) is 15.3. The van der Waals surface area contributed by atoms with Crippen molar-refractivity contribution in [3.8, 4) is 6.07 Å². The molecule has 0 saturated carbocycles. The summed E-state index contributed by atoms with van der Waals surface area (Å²) in [5, 5.41) is 11.6. The third kappa shape index (κ3) is 3.30. The lowest BCUT2D eigenvalue weighted by atomic mass is 9.76. The molecule has 25 heavy (non-hydrogen) atoms. The van der Waals surface area contributed by atoms with Crippen molar-refractivity contribution in [1.29, 1.82) is 5.26 Å². The predicted octanol–water partition coefficient (Wildman–Crippen LogP) is 6.48. The van der Waals surface area contributed by atoms with Gasteiger partial charge >= 0.3 is 0 Å². The number of nitrogens with zero attached hydrogens (tertiary/aromatic N) is 1. The van der Waals surface area contributed by atoms with Crippen molar-refractivity contribution in [1.82, 2.24) is 0 Å². The Morgan fingerprint density at radius 1 is 1.20 bits per heavy atom. The van der Waals surface area contributed by atoms with Crippen LogP contribution >= 0.6 is 23.5 Å². The van der Waals surface area contributed by atoms with Gasteiger partial charge in [0, 0.05) is 4.91 Å². The topological polar surface area (TPSA) is 23.8 Å². The normalized spacial score (nSPS) is 21.4. The Hall–Kier alpha value is -2.22. The van der Waals surface area contributed by atoms with Gasteiger partial charge in [0.05, 0.1) is 21.3 Å². The molecule has 0 N–H and O–H groups in total. The van der Waals surface area contributed by atoms with Crippen LogP contribution in [0.3, 0.4) is 0 Å². The molecule has 2 aromatic rings. The third-order valence-electron chi connectivity index (χ3n) is 4.20. The quantitative estimate of drug-likeness (QED) is 0.619. The number of hydrogen-bond donors (Lipinski definition) is 0. The van der Waals surface area contributed by atoms with Gasteiger partial charge in [-0.25, -0.2) is 4.39 Å². The molecule has 0 radical (unpaired) electrons. The Morgan fingerprint density at radius 3 is 2.60 bits per heavy atom. The summed E-state index contributed by atoms with van der Waals surface area (Å²) in [5.74, 6) is -0.270. The molecule has 0 spiro atoms. The van der Waals surface area contributed by atoms with Crippen molar-refractivity contribution in [2.75, 3.05) is 0 Å². The minimum Gasteiger partial charge on any atom is -0.207 e. The van der Waals surface area contributed by atoms with Gasteiger partial charge < -0.3 is 0 Å². The highest BCUT2D eigenvalue weighted by molar-refractivity contribution is 8.25. The van der Waals surface area contributed by atoms with Gasteiger partial charge in [0.15, 0.2) is 0 Å². The van der Waals surface area contributed by atoms with Crippen LogP contribution < -0.4 is 0 Å². The molecule has 0 fully saturated rings. The van der Waals surface area contributed by atoms with Crippen LogP contribution in [0.15, 0.2) is 81.3 Å². The molecule has 124 valence electrons. The maximum absolute atomic E-state index is 13.6. The summed E-state index contributed by atoms with van der Waals surface area (Å²) in [6.45, 7) is 5.82. The van der Waals surface area contributed by atoms with E-state index >= 15 is 0 Å². The van der Waals surface area contributed by atoms with Gasteiger partial charge in [0.2, 0.25) is 0 Å². The molecule has 4 heteroatoms. The van der Waals surface area contributed by atoms with E-state index in [4.69, 9.17) is 0 Å². The highest BCUT2D eigenvalue weighted by Crippen LogP contribution is 2.58. The molecule has 3 rings (SSSR count). The van der Waals surface area contributed by atoms with Crippen molar-refractivity contribution in [2.24, 2.45) is 0 Å². The highest BCUT2D eigenvalue weighted by Gasteiger charge is 2.43. The fourth-order valence-corrected chi connectivity index (χ4v) is 5.23. The number of rotatable bonds is 4. The number of allylic oxidation sites excluding steroid dienone is 2. The molecule has 0 aromatic heterocycles. The zero-order valence-electron chi connectivity index (χ0n) is 13.7. The van der Waals surface area contributed by atoms with Gasteiger partial charge in [-0.2, -0.15) is 5.26 Å². The molecule has 1 unspecified atom stereocenters. The fraction of sp³-hybridized carbons (Fsp3) is 0.0952. The van der Waals surface area contributed by atoms with Crippen LogP contribution in [0.1, 0.15) is 18.1 Å². The van der Waals surface area contributed by atoms with E-state index in [1.54, 1.807) is 23.2 Å². The van der Waals surface area contributed by atoms with E-state index in [9.17, 15) is 9.65 Å². The second-order valence-corrected chi connectivity index (χ2v) is 8.00. The van der Waals surface area contributed by atoms with Crippen LogP contribution in [0.25, 0.3) is 6.08 Å². The summed E-state index contributed by atoms with van der Waals surface area (Å²) in [5.41, 5.74) is 1.97.